The SMILES string of the molecule is CNCc1ccc(-c2cccc(Cl)c2)s1. The minimum Gasteiger partial charge on any atom is -0.315 e. The lowest BCUT2D eigenvalue weighted by atomic mass is 10.2. The third kappa shape index (κ3) is 2.59. The van der Waals surface area contributed by atoms with Crippen LogP contribution in [0.1, 0.15) is 4.88 Å². The molecule has 0 bridgehead atoms. The van der Waals surface area contributed by atoms with E-state index in [1.54, 1.807) is 11.3 Å². The molecule has 2 rings (SSSR count). The Balaban J connectivity index is 2.29. The zero-order valence-corrected chi connectivity index (χ0v) is 10.0. The summed E-state index contributed by atoms with van der Waals surface area (Å²) in [5, 5.41) is 3.93. The standard InChI is InChI=1S/C12H12ClNS/c1-14-8-11-5-6-12(15-11)9-3-2-4-10(13)7-9/h2-7,14H,8H2,1H3. The Bertz CT molecular complexity index is 450. The van der Waals surface area contributed by atoms with Gasteiger partial charge in [0.05, 0.1) is 0 Å². The van der Waals surface area contributed by atoms with Crippen molar-refractivity contribution in [1.82, 2.24) is 5.32 Å². The number of halogens is 1. The largest absolute Gasteiger partial charge is 0.315 e. The third-order valence-corrected chi connectivity index (χ3v) is 3.49. The lowest BCUT2D eigenvalue weighted by Crippen LogP contribution is -2.02. The summed E-state index contributed by atoms with van der Waals surface area (Å²) in [4.78, 5) is 2.61. The van der Waals surface area contributed by atoms with Crippen LogP contribution in [0.25, 0.3) is 10.4 Å². The zero-order chi connectivity index (χ0) is 10.7. The Hall–Kier alpha value is -0.830. The van der Waals surface area contributed by atoms with Crippen molar-refractivity contribution in [3.63, 3.8) is 0 Å². The van der Waals surface area contributed by atoms with E-state index in [0.29, 0.717) is 0 Å². The first-order valence-corrected chi connectivity index (χ1v) is 5.98. The van der Waals surface area contributed by atoms with Crippen LogP contribution in [-0.4, -0.2) is 7.05 Å². The molecule has 0 saturated heterocycles. The number of benzene rings is 1. The topological polar surface area (TPSA) is 12.0 Å². The second-order valence-electron chi connectivity index (χ2n) is 3.31. The van der Waals surface area contributed by atoms with Crippen LogP contribution in [0, 0.1) is 0 Å². The smallest absolute Gasteiger partial charge is 0.0412 e. The summed E-state index contributed by atoms with van der Waals surface area (Å²) in [7, 11) is 1.96. The maximum atomic E-state index is 5.95. The van der Waals surface area contributed by atoms with E-state index in [-0.39, 0.29) is 0 Å². The molecule has 0 amide bonds. The van der Waals surface area contributed by atoms with Crippen LogP contribution in [-0.2, 0) is 6.54 Å². The molecular formula is C12H12ClNS. The summed E-state index contributed by atoms with van der Waals surface area (Å²) < 4.78 is 0. The van der Waals surface area contributed by atoms with Crippen molar-refractivity contribution in [1.29, 1.82) is 0 Å². The molecule has 0 fully saturated rings. The van der Waals surface area contributed by atoms with E-state index >= 15 is 0 Å². The van der Waals surface area contributed by atoms with Crippen molar-refractivity contribution >= 4 is 22.9 Å². The molecule has 1 aromatic carbocycles. The van der Waals surface area contributed by atoms with Gasteiger partial charge in [0.25, 0.3) is 0 Å². The molecule has 78 valence electrons. The Morgan fingerprint density at radius 3 is 2.87 bits per heavy atom. The normalized spacial score (nSPS) is 10.5. The van der Waals surface area contributed by atoms with Gasteiger partial charge in [0.1, 0.15) is 0 Å². The summed E-state index contributed by atoms with van der Waals surface area (Å²) in [5.41, 5.74) is 1.19. The van der Waals surface area contributed by atoms with Gasteiger partial charge in [-0.3, -0.25) is 0 Å². The van der Waals surface area contributed by atoms with E-state index in [2.05, 4.69) is 23.5 Å². The van der Waals surface area contributed by atoms with Gasteiger partial charge in [0, 0.05) is 21.3 Å². The molecule has 1 N–H and O–H groups in total. The lowest BCUT2D eigenvalue weighted by Gasteiger charge is -1.97. The highest BCUT2D eigenvalue weighted by molar-refractivity contribution is 7.15. The molecular weight excluding hydrogens is 226 g/mol. The van der Waals surface area contributed by atoms with Gasteiger partial charge in [0.15, 0.2) is 0 Å². The van der Waals surface area contributed by atoms with E-state index in [4.69, 9.17) is 11.6 Å². The molecule has 0 unspecified atom stereocenters. The molecule has 1 aromatic heterocycles. The maximum Gasteiger partial charge on any atom is 0.0412 e. The van der Waals surface area contributed by atoms with Crippen LogP contribution >= 0.6 is 22.9 Å². The predicted octanol–water partition coefficient (Wildman–Crippen LogP) is 3.79. The number of thiophene rings is 1. The molecule has 0 aliphatic rings. The average Bonchev–Trinajstić information content (AvgIpc) is 2.67. The predicted molar refractivity (Wildman–Crippen MR) is 67.5 cm³/mol. The molecule has 15 heavy (non-hydrogen) atoms. The molecule has 0 saturated carbocycles. The Morgan fingerprint density at radius 2 is 2.13 bits per heavy atom. The quantitative estimate of drug-likeness (QED) is 0.857. The zero-order valence-electron chi connectivity index (χ0n) is 8.46. The minimum atomic E-state index is 0.788. The first kappa shape index (κ1) is 10.7. The summed E-state index contributed by atoms with van der Waals surface area (Å²) >= 11 is 7.75. The third-order valence-electron chi connectivity index (χ3n) is 2.12. The van der Waals surface area contributed by atoms with Gasteiger partial charge in [-0.25, -0.2) is 0 Å². The molecule has 0 aliphatic carbocycles. The highest BCUT2D eigenvalue weighted by Gasteiger charge is 2.02. The molecule has 3 heteroatoms. The van der Waals surface area contributed by atoms with Crippen LogP contribution in [0.15, 0.2) is 36.4 Å². The van der Waals surface area contributed by atoms with E-state index < -0.39 is 0 Å². The summed E-state index contributed by atoms with van der Waals surface area (Å²) in [6.07, 6.45) is 0. The first-order chi connectivity index (χ1) is 7.29. The Morgan fingerprint density at radius 1 is 1.27 bits per heavy atom. The number of hydrogen-bond donors (Lipinski definition) is 1. The van der Waals surface area contributed by atoms with Crippen LogP contribution in [0.4, 0.5) is 0 Å². The highest BCUT2D eigenvalue weighted by atomic mass is 35.5. The number of hydrogen-bond acceptors (Lipinski definition) is 2. The molecule has 1 heterocycles. The molecule has 2 aromatic rings. The monoisotopic (exact) mass is 237 g/mol. The molecule has 0 spiro atoms. The van der Waals surface area contributed by atoms with E-state index in [1.165, 1.54) is 15.3 Å². The van der Waals surface area contributed by atoms with E-state index in [0.717, 1.165) is 11.6 Å². The van der Waals surface area contributed by atoms with Gasteiger partial charge >= 0.3 is 0 Å². The van der Waals surface area contributed by atoms with Crippen LogP contribution in [0.3, 0.4) is 0 Å². The van der Waals surface area contributed by atoms with Gasteiger partial charge in [-0.2, -0.15) is 0 Å². The van der Waals surface area contributed by atoms with Crippen molar-refractivity contribution in [3.05, 3.63) is 46.3 Å². The van der Waals surface area contributed by atoms with E-state index in [9.17, 15) is 0 Å². The average molecular weight is 238 g/mol. The fourth-order valence-electron chi connectivity index (χ4n) is 1.44. The van der Waals surface area contributed by atoms with Crippen molar-refractivity contribution in [2.75, 3.05) is 7.05 Å². The number of rotatable bonds is 3. The lowest BCUT2D eigenvalue weighted by molar-refractivity contribution is 0.831. The van der Waals surface area contributed by atoms with Crippen molar-refractivity contribution in [2.45, 2.75) is 6.54 Å². The first-order valence-electron chi connectivity index (χ1n) is 4.79. The minimum absolute atomic E-state index is 0.788. The van der Waals surface area contributed by atoms with Crippen molar-refractivity contribution in [2.24, 2.45) is 0 Å². The summed E-state index contributed by atoms with van der Waals surface area (Å²) in [6.45, 7) is 0.922. The molecule has 0 aliphatic heterocycles. The van der Waals surface area contributed by atoms with Gasteiger partial charge in [-0.15, -0.1) is 11.3 Å². The fraction of sp³-hybridized carbons (Fsp3) is 0.167. The summed E-state index contributed by atoms with van der Waals surface area (Å²) in [5.74, 6) is 0. The molecule has 0 atom stereocenters. The second kappa shape index (κ2) is 4.79. The van der Waals surface area contributed by atoms with Crippen LogP contribution in [0.5, 0.6) is 0 Å². The van der Waals surface area contributed by atoms with Gasteiger partial charge < -0.3 is 5.32 Å². The molecule has 0 radical (unpaired) electrons. The fourth-order valence-corrected chi connectivity index (χ4v) is 2.65. The number of nitrogens with one attached hydrogen (secondary N) is 1. The van der Waals surface area contributed by atoms with Crippen LogP contribution in [0.2, 0.25) is 5.02 Å². The van der Waals surface area contributed by atoms with E-state index in [1.807, 2.05) is 25.2 Å². The van der Waals surface area contributed by atoms with Gasteiger partial charge in [-0.05, 0) is 36.9 Å². The summed E-state index contributed by atoms with van der Waals surface area (Å²) in [6, 6.07) is 12.3. The Labute approximate surface area is 98.7 Å². The van der Waals surface area contributed by atoms with Gasteiger partial charge in [0.2, 0.25) is 0 Å². The Kier molecular flexibility index (Phi) is 3.41. The van der Waals surface area contributed by atoms with Gasteiger partial charge in [-0.1, -0.05) is 23.7 Å². The van der Waals surface area contributed by atoms with Crippen molar-refractivity contribution < 1.29 is 0 Å². The van der Waals surface area contributed by atoms with Crippen LogP contribution < -0.4 is 5.32 Å². The molecule has 1 nitrogen and oxygen atoms in total. The van der Waals surface area contributed by atoms with Crippen molar-refractivity contribution in [3.8, 4) is 10.4 Å². The maximum absolute atomic E-state index is 5.95. The highest BCUT2D eigenvalue weighted by Crippen LogP contribution is 2.29. The second-order valence-corrected chi connectivity index (χ2v) is 4.91.